The van der Waals surface area contributed by atoms with Crippen molar-refractivity contribution in [3.05, 3.63) is 89.0 Å². The molecule has 0 saturated heterocycles. The summed E-state index contributed by atoms with van der Waals surface area (Å²) in [5.41, 5.74) is 2.93. The van der Waals surface area contributed by atoms with E-state index in [4.69, 9.17) is 14.5 Å². The third-order valence-corrected chi connectivity index (χ3v) is 8.16. The standard InChI is InChI=1S/C28H26BrN3O5S/c1-5-8-19-22(27(35)37-6-2)23(15-9-7-10-17(13-15)36-4)32-26(34)24(38-28(32)30-19)21-18-14-16(29)11-12-20(18)31(3)25(21)33/h7,9-14,23H,5-6,8H2,1-4H3/b24-21-/t23-/m1/s1. The van der Waals surface area contributed by atoms with Crippen LogP contribution in [-0.4, -0.2) is 37.2 Å². The van der Waals surface area contributed by atoms with Gasteiger partial charge in [-0.05, 0) is 49.2 Å². The topological polar surface area (TPSA) is 90.2 Å². The minimum Gasteiger partial charge on any atom is -0.497 e. The average molecular weight is 597 g/mol. The lowest BCUT2D eigenvalue weighted by Crippen LogP contribution is -2.41. The highest BCUT2D eigenvalue weighted by Gasteiger charge is 2.37. The van der Waals surface area contributed by atoms with Gasteiger partial charge >= 0.3 is 5.97 Å². The molecular weight excluding hydrogens is 570 g/mol. The van der Waals surface area contributed by atoms with Crippen molar-refractivity contribution >= 4 is 50.4 Å². The fourth-order valence-electron chi connectivity index (χ4n) is 4.91. The Morgan fingerprint density at radius 1 is 1.16 bits per heavy atom. The minimum absolute atomic E-state index is 0.188. The molecule has 1 amide bonds. The van der Waals surface area contributed by atoms with Gasteiger partial charge in [-0.25, -0.2) is 9.79 Å². The molecule has 1 atom stereocenters. The van der Waals surface area contributed by atoms with Gasteiger partial charge in [0, 0.05) is 17.1 Å². The second-order valence-electron chi connectivity index (χ2n) is 8.91. The van der Waals surface area contributed by atoms with E-state index in [1.807, 2.05) is 37.3 Å². The van der Waals surface area contributed by atoms with Gasteiger partial charge < -0.3 is 14.4 Å². The number of methoxy groups -OCH3 is 1. The van der Waals surface area contributed by atoms with Gasteiger partial charge in [-0.1, -0.05) is 52.7 Å². The molecule has 196 valence electrons. The summed E-state index contributed by atoms with van der Waals surface area (Å²) in [6, 6.07) is 12.0. The van der Waals surface area contributed by atoms with Crippen molar-refractivity contribution in [1.29, 1.82) is 0 Å². The van der Waals surface area contributed by atoms with Gasteiger partial charge in [0.2, 0.25) is 0 Å². The summed E-state index contributed by atoms with van der Waals surface area (Å²) >= 11 is 4.65. The van der Waals surface area contributed by atoms with Gasteiger partial charge in [0.05, 0.1) is 42.3 Å². The Labute approximate surface area is 231 Å². The van der Waals surface area contributed by atoms with Crippen molar-refractivity contribution in [3.8, 4) is 5.75 Å². The molecule has 2 aliphatic heterocycles. The van der Waals surface area contributed by atoms with Crippen LogP contribution in [0.25, 0.3) is 5.57 Å². The first-order valence-corrected chi connectivity index (χ1v) is 13.9. The number of ether oxygens (including phenoxy) is 2. The van der Waals surface area contributed by atoms with Gasteiger partial charge in [-0.3, -0.25) is 14.2 Å². The van der Waals surface area contributed by atoms with Gasteiger partial charge in [0.25, 0.3) is 11.5 Å². The Kier molecular flexibility index (Phi) is 7.11. The second kappa shape index (κ2) is 10.3. The van der Waals surface area contributed by atoms with Gasteiger partial charge in [0.15, 0.2) is 4.80 Å². The van der Waals surface area contributed by atoms with E-state index in [-0.39, 0.29) is 22.6 Å². The normalized spacial score (nSPS) is 17.8. The summed E-state index contributed by atoms with van der Waals surface area (Å²) in [5.74, 6) is -0.188. The largest absolute Gasteiger partial charge is 0.497 e. The van der Waals surface area contributed by atoms with Crippen molar-refractivity contribution in [2.24, 2.45) is 4.99 Å². The van der Waals surface area contributed by atoms with Crippen LogP contribution >= 0.6 is 27.3 Å². The maximum Gasteiger partial charge on any atom is 0.338 e. The second-order valence-corrected chi connectivity index (χ2v) is 10.8. The molecule has 0 fully saturated rings. The number of allylic oxidation sites excluding steroid dienone is 1. The summed E-state index contributed by atoms with van der Waals surface area (Å²) in [6.45, 7) is 3.94. The highest BCUT2D eigenvalue weighted by Crippen LogP contribution is 2.37. The van der Waals surface area contributed by atoms with Gasteiger partial charge in [0.1, 0.15) is 10.3 Å². The van der Waals surface area contributed by atoms with E-state index >= 15 is 0 Å². The number of rotatable bonds is 6. The van der Waals surface area contributed by atoms with Gasteiger partial charge in [-0.15, -0.1) is 0 Å². The lowest BCUT2D eigenvalue weighted by molar-refractivity contribution is -0.139. The number of aromatic nitrogens is 1. The van der Waals surface area contributed by atoms with E-state index in [9.17, 15) is 14.4 Å². The SMILES string of the molecule is CCCC1=C(C(=O)OCC)[C@@H](c2cccc(OC)c2)n2c(s/c(=C3\C(=O)N(C)c4ccc(Br)cc43)c2=O)=N1. The first kappa shape index (κ1) is 26.1. The zero-order valence-electron chi connectivity index (χ0n) is 21.4. The van der Waals surface area contributed by atoms with Crippen LogP contribution in [0.4, 0.5) is 5.69 Å². The van der Waals surface area contributed by atoms with Crippen molar-refractivity contribution in [1.82, 2.24) is 4.57 Å². The Hall–Kier alpha value is -3.50. The maximum absolute atomic E-state index is 14.2. The highest BCUT2D eigenvalue weighted by molar-refractivity contribution is 9.10. The van der Waals surface area contributed by atoms with E-state index in [1.165, 1.54) is 15.9 Å². The molecule has 0 bridgehead atoms. The summed E-state index contributed by atoms with van der Waals surface area (Å²) in [7, 11) is 3.26. The average Bonchev–Trinajstić information content (AvgIpc) is 3.35. The summed E-state index contributed by atoms with van der Waals surface area (Å²) in [4.78, 5) is 47.7. The molecule has 2 aliphatic rings. The van der Waals surface area contributed by atoms with Gasteiger partial charge in [-0.2, -0.15) is 0 Å². The van der Waals surface area contributed by atoms with Crippen LogP contribution in [-0.2, 0) is 14.3 Å². The van der Waals surface area contributed by atoms with E-state index in [0.717, 1.165) is 16.6 Å². The first-order valence-electron chi connectivity index (χ1n) is 12.3. The van der Waals surface area contributed by atoms with Crippen LogP contribution in [0.5, 0.6) is 5.75 Å². The van der Waals surface area contributed by atoms with Crippen LogP contribution < -0.4 is 24.5 Å². The zero-order chi connectivity index (χ0) is 27.1. The Morgan fingerprint density at radius 3 is 2.66 bits per heavy atom. The Bertz CT molecular complexity index is 1690. The summed E-state index contributed by atoms with van der Waals surface area (Å²) in [6.07, 6.45) is 1.28. The van der Waals surface area contributed by atoms with Crippen LogP contribution in [0.15, 0.2) is 68.0 Å². The third-order valence-electron chi connectivity index (χ3n) is 6.61. The number of nitrogens with zero attached hydrogens (tertiary/aromatic N) is 3. The van der Waals surface area contributed by atoms with Crippen molar-refractivity contribution in [2.45, 2.75) is 32.7 Å². The molecule has 10 heteroatoms. The lowest BCUT2D eigenvalue weighted by atomic mass is 9.94. The van der Waals surface area contributed by atoms with Crippen LogP contribution in [0.2, 0.25) is 0 Å². The minimum atomic E-state index is -0.785. The number of carbonyl (C=O) groups is 2. The molecular formula is C28H26BrN3O5S. The number of thiazole rings is 1. The molecule has 8 nitrogen and oxygen atoms in total. The fraction of sp³-hybridized carbons (Fsp3) is 0.286. The lowest BCUT2D eigenvalue weighted by Gasteiger charge is -2.26. The molecule has 0 spiro atoms. The van der Waals surface area contributed by atoms with Crippen LogP contribution in [0.3, 0.4) is 0 Å². The molecule has 0 saturated carbocycles. The van der Waals surface area contributed by atoms with Crippen molar-refractivity contribution in [2.75, 3.05) is 25.7 Å². The number of benzene rings is 2. The summed E-state index contributed by atoms with van der Waals surface area (Å²) in [5, 5.41) is 0. The number of esters is 1. The van der Waals surface area contributed by atoms with Crippen molar-refractivity contribution < 1.29 is 19.1 Å². The summed E-state index contributed by atoms with van der Waals surface area (Å²) < 4.78 is 13.5. The first-order chi connectivity index (χ1) is 18.3. The number of halogens is 1. The molecule has 5 rings (SSSR count). The van der Waals surface area contributed by atoms with Crippen LogP contribution in [0, 0.1) is 0 Å². The van der Waals surface area contributed by atoms with E-state index < -0.39 is 12.0 Å². The molecule has 0 unspecified atom stereocenters. The van der Waals surface area contributed by atoms with E-state index in [1.54, 1.807) is 38.1 Å². The molecule has 3 aromatic rings. The van der Waals surface area contributed by atoms with Crippen molar-refractivity contribution in [3.63, 3.8) is 0 Å². The number of hydrogen-bond acceptors (Lipinski definition) is 7. The Morgan fingerprint density at radius 2 is 1.95 bits per heavy atom. The number of anilines is 1. The number of carbonyl (C=O) groups excluding carboxylic acids is 2. The maximum atomic E-state index is 14.2. The molecule has 0 radical (unpaired) electrons. The monoisotopic (exact) mass is 595 g/mol. The molecule has 38 heavy (non-hydrogen) atoms. The van der Waals surface area contributed by atoms with E-state index in [2.05, 4.69) is 15.9 Å². The highest BCUT2D eigenvalue weighted by atomic mass is 79.9. The molecule has 1 aromatic heterocycles. The number of amides is 1. The zero-order valence-corrected chi connectivity index (χ0v) is 23.8. The smallest absolute Gasteiger partial charge is 0.338 e. The quantitative estimate of drug-likeness (QED) is 0.405. The fourth-order valence-corrected chi connectivity index (χ4v) is 6.38. The third kappa shape index (κ3) is 4.21. The number of hydrogen-bond donors (Lipinski definition) is 0. The number of fused-ring (bicyclic) bond motifs is 2. The predicted octanol–water partition coefficient (Wildman–Crippen LogP) is 3.70. The predicted molar refractivity (Wildman–Crippen MR) is 149 cm³/mol. The van der Waals surface area contributed by atoms with Crippen LogP contribution in [0.1, 0.15) is 43.9 Å². The molecule has 0 N–H and O–H groups in total. The Balaban J connectivity index is 1.87. The molecule has 3 heterocycles. The molecule has 2 aromatic carbocycles. The van der Waals surface area contributed by atoms with E-state index in [0.29, 0.717) is 44.9 Å². The molecule has 0 aliphatic carbocycles. The number of likely N-dealkylation sites (N-methyl/N-ethyl adjacent to an activating group) is 1.